The maximum Gasteiger partial charge on any atom is 0.196 e. The summed E-state index contributed by atoms with van der Waals surface area (Å²) in [5.41, 5.74) is 3.58. The summed E-state index contributed by atoms with van der Waals surface area (Å²) in [5, 5.41) is 6.36. The normalized spacial score (nSPS) is 11.3. The molecule has 0 aliphatic heterocycles. The van der Waals surface area contributed by atoms with Gasteiger partial charge < -0.3 is 5.32 Å². The molecule has 4 rings (SSSR count). The summed E-state index contributed by atoms with van der Waals surface area (Å²) in [5.74, 6) is 0.247. The summed E-state index contributed by atoms with van der Waals surface area (Å²) in [4.78, 5) is 5.45. The number of rotatable bonds is 4. The third-order valence-corrected chi connectivity index (χ3v) is 5.97. The highest BCUT2D eigenvalue weighted by atomic mass is 35.5. The minimum Gasteiger partial charge on any atom is -0.338 e. The first-order valence-corrected chi connectivity index (χ1v) is 10.1. The summed E-state index contributed by atoms with van der Waals surface area (Å²) in [6.07, 6.45) is 0.816. The molecular formula is C20H16Cl2FN3S. The van der Waals surface area contributed by atoms with Crippen molar-refractivity contribution in [3.05, 3.63) is 68.9 Å². The van der Waals surface area contributed by atoms with Crippen molar-refractivity contribution in [2.24, 2.45) is 0 Å². The van der Waals surface area contributed by atoms with Gasteiger partial charge in [-0.3, -0.25) is 4.40 Å². The average molecular weight is 420 g/mol. The first kappa shape index (κ1) is 18.3. The van der Waals surface area contributed by atoms with Gasteiger partial charge in [-0.25, -0.2) is 9.37 Å². The Morgan fingerprint density at radius 3 is 2.59 bits per heavy atom. The second kappa shape index (κ2) is 7.15. The van der Waals surface area contributed by atoms with Crippen LogP contribution >= 0.6 is 34.5 Å². The highest BCUT2D eigenvalue weighted by Crippen LogP contribution is 2.40. The molecule has 4 aromatic rings. The molecule has 0 saturated heterocycles. The van der Waals surface area contributed by atoms with E-state index in [2.05, 4.69) is 22.6 Å². The highest BCUT2D eigenvalue weighted by Gasteiger charge is 2.23. The van der Waals surface area contributed by atoms with Crippen LogP contribution in [0, 0.1) is 12.7 Å². The van der Waals surface area contributed by atoms with Crippen LogP contribution in [0.4, 0.5) is 15.9 Å². The van der Waals surface area contributed by atoms with Crippen LogP contribution in [0.1, 0.15) is 18.2 Å². The topological polar surface area (TPSA) is 29.3 Å². The number of nitrogens with one attached hydrogen (secondary N) is 1. The van der Waals surface area contributed by atoms with E-state index in [4.69, 9.17) is 23.2 Å². The van der Waals surface area contributed by atoms with E-state index < -0.39 is 5.82 Å². The summed E-state index contributed by atoms with van der Waals surface area (Å²) >= 11 is 14.3. The first-order chi connectivity index (χ1) is 13.0. The fourth-order valence-electron chi connectivity index (χ4n) is 3.08. The minimum atomic E-state index is -0.412. The van der Waals surface area contributed by atoms with Gasteiger partial charge in [0.05, 0.1) is 21.3 Å². The monoisotopic (exact) mass is 419 g/mol. The van der Waals surface area contributed by atoms with E-state index in [1.807, 2.05) is 29.5 Å². The lowest BCUT2D eigenvalue weighted by molar-refractivity contribution is 0.631. The largest absolute Gasteiger partial charge is 0.338 e. The van der Waals surface area contributed by atoms with Gasteiger partial charge in [0.25, 0.3) is 0 Å². The molecule has 0 atom stereocenters. The number of hydrogen-bond acceptors (Lipinski definition) is 3. The molecule has 0 radical (unpaired) electrons. The number of nitrogens with zero attached hydrogens (tertiary/aromatic N) is 2. The molecule has 3 nitrogen and oxygen atoms in total. The van der Waals surface area contributed by atoms with Crippen LogP contribution in [0.2, 0.25) is 10.0 Å². The van der Waals surface area contributed by atoms with Crippen LogP contribution in [-0.4, -0.2) is 9.38 Å². The fraction of sp³-hybridized carbons (Fsp3) is 0.150. The van der Waals surface area contributed by atoms with Crippen molar-refractivity contribution >= 4 is 51.0 Å². The molecular weight excluding hydrogens is 404 g/mol. The Bertz CT molecular complexity index is 1110. The van der Waals surface area contributed by atoms with Gasteiger partial charge in [-0.1, -0.05) is 48.3 Å². The summed E-state index contributed by atoms with van der Waals surface area (Å²) in [6, 6.07) is 10.3. The lowest BCUT2D eigenvalue weighted by atomic mass is 10.1. The first-order valence-electron chi connectivity index (χ1n) is 8.46. The maximum absolute atomic E-state index is 14.6. The highest BCUT2D eigenvalue weighted by molar-refractivity contribution is 7.15. The van der Waals surface area contributed by atoms with E-state index in [9.17, 15) is 4.39 Å². The van der Waals surface area contributed by atoms with E-state index >= 15 is 0 Å². The number of benzene rings is 2. The van der Waals surface area contributed by atoms with Crippen LogP contribution < -0.4 is 5.32 Å². The lowest BCUT2D eigenvalue weighted by Crippen LogP contribution is -2.02. The molecule has 1 N–H and O–H groups in total. The molecule has 0 aliphatic rings. The van der Waals surface area contributed by atoms with Crippen LogP contribution in [0.15, 0.2) is 41.8 Å². The molecule has 0 bridgehead atoms. The Hall–Kier alpha value is -2.08. The Labute approximate surface area is 170 Å². The quantitative estimate of drug-likeness (QED) is 0.381. The molecule has 7 heteroatoms. The molecule has 2 aromatic carbocycles. The molecule has 0 saturated carbocycles. The standard InChI is InChI=1S/C20H16Cl2FN3S/c1-3-12-10-27-20-25-18(16-13(21)7-5-9-15(16)23)19(26(12)20)24-17-11(2)6-4-8-14(17)22/h4-10,24H,3H2,1-2H3. The van der Waals surface area contributed by atoms with Crippen molar-refractivity contribution in [3.63, 3.8) is 0 Å². The Kier molecular flexibility index (Phi) is 4.84. The number of imidazole rings is 1. The third kappa shape index (κ3) is 3.10. The number of hydrogen-bond donors (Lipinski definition) is 1. The van der Waals surface area contributed by atoms with Crippen molar-refractivity contribution in [3.8, 4) is 11.3 Å². The predicted octanol–water partition coefficient (Wildman–Crippen LogP) is 7.12. The molecule has 2 aromatic heterocycles. The van der Waals surface area contributed by atoms with Gasteiger partial charge in [0, 0.05) is 11.1 Å². The van der Waals surface area contributed by atoms with Crippen molar-refractivity contribution in [1.29, 1.82) is 0 Å². The Morgan fingerprint density at radius 2 is 1.89 bits per heavy atom. The van der Waals surface area contributed by atoms with Gasteiger partial charge >= 0.3 is 0 Å². The Balaban J connectivity index is 2.01. The van der Waals surface area contributed by atoms with Gasteiger partial charge in [0.15, 0.2) is 4.96 Å². The number of aryl methyl sites for hydroxylation is 2. The van der Waals surface area contributed by atoms with Crippen LogP contribution in [-0.2, 0) is 6.42 Å². The van der Waals surface area contributed by atoms with Gasteiger partial charge in [-0.05, 0) is 37.1 Å². The molecule has 2 heterocycles. The maximum atomic E-state index is 14.6. The number of halogens is 3. The van der Waals surface area contributed by atoms with Crippen molar-refractivity contribution in [2.45, 2.75) is 20.3 Å². The SMILES string of the molecule is CCc1csc2nc(-c3c(F)cccc3Cl)c(Nc3c(C)cccc3Cl)n12. The summed E-state index contributed by atoms with van der Waals surface area (Å²) < 4.78 is 16.7. The van der Waals surface area contributed by atoms with Gasteiger partial charge in [0.2, 0.25) is 0 Å². The lowest BCUT2D eigenvalue weighted by Gasteiger charge is -2.14. The van der Waals surface area contributed by atoms with E-state index in [1.54, 1.807) is 12.1 Å². The average Bonchev–Trinajstić information content (AvgIpc) is 3.18. The number of fused-ring (bicyclic) bond motifs is 1. The number of thiazole rings is 1. The third-order valence-electron chi connectivity index (χ3n) is 4.46. The van der Waals surface area contributed by atoms with Gasteiger partial charge in [-0.2, -0.15) is 0 Å². The minimum absolute atomic E-state index is 0.282. The molecule has 0 aliphatic carbocycles. The molecule has 0 fully saturated rings. The number of para-hydroxylation sites is 1. The molecule has 0 amide bonds. The zero-order valence-corrected chi connectivity index (χ0v) is 17.0. The van der Waals surface area contributed by atoms with Crippen molar-refractivity contribution in [2.75, 3.05) is 5.32 Å². The smallest absolute Gasteiger partial charge is 0.196 e. The van der Waals surface area contributed by atoms with Crippen molar-refractivity contribution in [1.82, 2.24) is 9.38 Å². The van der Waals surface area contributed by atoms with Crippen LogP contribution in [0.5, 0.6) is 0 Å². The van der Waals surface area contributed by atoms with Crippen molar-refractivity contribution < 1.29 is 4.39 Å². The second-order valence-electron chi connectivity index (χ2n) is 6.16. The van der Waals surface area contributed by atoms with Gasteiger partial charge in [-0.15, -0.1) is 11.3 Å². The van der Waals surface area contributed by atoms with E-state index in [-0.39, 0.29) is 5.56 Å². The van der Waals surface area contributed by atoms with Crippen LogP contribution in [0.25, 0.3) is 16.2 Å². The number of aromatic nitrogens is 2. The Morgan fingerprint density at radius 1 is 1.15 bits per heavy atom. The van der Waals surface area contributed by atoms with Gasteiger partial charge in [0.1, 0.15) is 17.3 Å². The zero-order valence-electron chi connectivity index (χ0n) is 14.7. The number of anilines is 2. The summed E-state index contributed by atoms with van der Waals surface area (Å²) in [6.45, 7) is 4.04. The van der Waals surface area contributed by atoms with Crippen LogP contribution in [0.3, 0.4) is 0 Å². The van der Waals surface area contributed by atoms with E-state index in [0.717, 1.165) is 28.3 Å². The zero-order chi connectivity index (χ0) is 19.1. The molecule has 138 valence electrons. The summed E-state index contributed by atoms with van der Waals surface area (Å²) in [7, 11) is 0. The predicted molar refractivity (Wildman–Crippen MR) is 112 cm³/mol. The molecule has 27 heavy (non-hydrogen) atoms. The van der Waals surface area contributed by atoms with E-state index in [1.165, 1.54) is 17.4 Å². The van der Waals surface area contributed by atoms with E-state index in [0.29, 0.717) is 21.6 Å². The fourth-order valence-corrected chi connectivity index (χ4v) is 4.58. The second-order valence-corrected chi connectivity index (χ2v) is 7.81. The molecule has 0 unspecified atom stereocenters. The molecule has 0 spiro atoms.